The molecule has 0 N–H and O–H groups in total. The summed E-state index contributed by atoms with van der Waals surface area (Å²) < 4.78 is 55.4. The van der Waals surface area contributed by atoms with Gasteiger partial charge in [0.05, 0.1) is 64.1 Å². The summed E-state index contributed by atoms with van der Waals surface area (Å²) in [6.45, 7) is 56.5. The van der Waals surface area contributed by atoms with E-state index in [1.807, 2.05) is 30.3 Å². The highest BCUT2D eigenvalue weighted by Gasteiger charge is 2.45. The molecule has 5 aromatic carbocycles. The lowest BCUT2D eigenvalue weighted by molar-refractivity contribution is -0.0262. The van der Waals surface area contributed by atoms with Gasteiger partial charge in [-0.3, -0.25) is 0 Å². The van der Waals surface area contributed by atoms with Crippen LogP contribution < -0.4 is 9.47 Å². The summed E-state index contributed by atoms with van der Waals surface area (Å²) in [7, 11) is -3.45. The number of rotatable bonds is 37. The number of benzene rings is 5. The Morgan fingerprint density at radius 1 is 0.479 bits per heavy atom. The van der Waals surface area contributed by atoms with E-state index in [4.69, 9.17) is 37.0 Å². The zero-order valence-corrected chi connectivity index (χ0v) is 65.8. The summed E-state index contributed by atoms with van der Waals surface area (Å²) in [5, 5.41) is 0.00533. The van der Waals surface area contributed by atoms with E-state index in [9.17, 15) is 0 Å². The van der Waals surface area contributed by atoms with Crippen LogP contribution in [0.1, 0.15) is 164 Å². The third-order valence-corrected chi connectivity index (χ3v) is 34.4. The molecule has 0 saturated heterocycles. The van der Waals surface area contributed by atoms with Crippen LogP contribution >= 0.6 is 0 Å². The van der Waals surface area contributed by atoms with Gasteiger partial charge >= 0.3 is 0 Å². The first-order valence-corrected chi connectivity index (χ1v) is 43.7. The number of ether oxygens (including phenoxy) is 5. The number of allylic oxidation sites excluding steroid dienone is 2. The molecule has 0 aliphatic carbocycles. The molecular formula is C83H126O8Si3. The van der Waals surface area contributed by atoms with Gasteiger partial charge in [-0.1, -0.05) is 255 Å². The largest absolute Gasteiger partial charge is 0.497 e. The molecular weight excluding hydrogens is 1210 g/mol. The van der Waals surface area contributed by atoms with E-state index in [1.54, 1.807) is 14.2 Å². The normalized spacial score (nSPS) is 17.0. The fourth-order valence-electron chi connectivity index (χ4n) is 11.9. The lowest BCUT2D eigenvalue weighted by Gasteiger charge is -2.43. The van der Waals surface area contributed by atoms with Crippen LogP contribution in [-0.2, 0) is 46.3 Å². The van der Waals surface area contributed by atoms with Crippen LogP contribution in [0.2, 0.25) is 54.4 Å². The molecule has 0 saturated carbocycles. The molecule has 0 spiro atoms. The SMILES string of the molecule is C=CC=C(C)[C@@H](OCc1ccc(OC)cc1)[C@H](C)C(CC[C@@H](C)C[C@H](C)[C@@H](OCc1ccc(OC)cc1)[C@@H](C)C=C[C@H](C[C@H](O[Si](C)(C)C(C)(C)C)[C@@H](C)C=CC(C)OC(c1ccccc1)(c1ccccc1)c1ccccc1)O[Si](C)(C)C(C)(C)C)O[Si](C)(C)C(C)(C)C. The summed E-state index contributed by atoms with van der Waals surface area (Å²) >= 11 is 0. The quantitative estimate of drug-likeness (QED) is 0.0169. The predicted molar refractivity (Wildman–Crippen MR) is 406 cm³/mol. The summed E-state index contributed by atoms with van der Waals surface area (Å²) in [6, 6.07) is 48.4. The third-order valence-electron chi connectivity index (χ3n) is 20.9. The number of hydrogen-bond donors (Lipinski definition) is 0. The molecule has 0 aliphatic rings. The number of hydrogen-bond acceptors (Lipinski definition) is 8. The van der Waals surface area contributed by atoms with Crippen LogP contribution in [0, 0.1) is 29.6 Å². The average Bonchev–Trinajstić information content (AvgIpc) is 0.757. The van der Waals surface area contributed by atoms with E-state index in [-0.39, 0.29) is 75.4 Å². The van der Waals surface area contributed by atoms with Crippen molar-refractivity contribution in [3.8, 4) is 11.5 Å². The Bertz CT molecular complexity index is 2990. The van der Waals surface area contributed by atoms with Gasteiger partial charge in [-0.25, -0.2) is 0 Å². The maximum atomic E-state index is 7.64. The molecule has 518 valence electrons. The van der Waals surface area contributed by atoms with Gasteiger partial charge in [-0.15, -0.1) is 0 Å². The minimum atomic E-state index is -2.33. The molecule has 0 radical (unpaired) electrons. The van der Waals surface area contributed by atoms with Crippen LogP contribution in [0.5, 0.6) is 11.5 Å². The second-order valence-corrected chi connectivity index (χ2v) is 45.9. The van der Waals surface area contributed by atoms with Crippen molar-refractivity contribution in [3.05, 3.63) is 216 Å². The summed E-state index contributed by atoms with van der Waals surface area (Å²) in [5.41, 5.74) is 5.74. The van der Waals surface area contributed by atoms with Crippen molar-refractivity contribution in [2.24, 2.45) is 29.6 Å². The second kappa shape index (κ2) is 35.5. The van der Waals surface area contributed by atoms with E-state index < -0.39 is 30.6 Å². The van der Waals surface area contributed by atoms with Gasteiger partial charge in [0, 0.05) is 18.3 Å². The Morgan fingerprint density at radius 3 is 1.32 bits per heavy atom. The molecule has 0 aromatic heterocycles. The van der Waals surface area contributed by atoms with Crippen LogP contribution in [-0.4, -0.2) is 75.8 Å². The first-order chi connectivity index (χ1) is 44.0. The van der Waals surface area contributed by atoms with Gasteiger partial charge in [0.15, 0.2) is 25.0 Å². The highest BCUT2D eigenvalue weighted by Crippen LogP contribution is 2.45. The second-order valence-electron chi connectivity index (χ2n) is 31.7. The van der Waals surface area contributed by atoms with Crippen molar-refractivity contribution in [1.82, 2.24) is 0 Å². The Balaban J connectivity index is 1.50. The maximum absolute atomic E-state index is 7.64. The van der Waals surface area contributed by atoms with Crippen LogP contribution in [0.4, 0.5) is 0 Å². The fraction of sp³-hybridized carbons (Fsp3) is 0.542. The first-order valence-electron chi connectivity index (χ1n) is 35.0. The Labute approximate surface area is 576 Å². The maximum Gasteiger partial charge on any atom is 0.192 e. The molecule has 0 aliphatic heterocycles. The number of methoxy groups -OCH3 is 2. The smallest absolute Gasteiger partial charge is 0.192 e. The zero-order chi connectivity index (χ0) is 69.9. The zero-order valence-electron chi connectivity index (χ0n) is 62.8. The predicted octanol–water partition coefficient (Wildman–Crippen LogP) is 22.7. The van der Waals surface area contributed by atoms with Crippen molar-refractivity contribution in [2.45, 2.75) is 246 Å². The molecule has 0 amide bonds. The summed E-state index contributed by atoms with van der Waals surface area (Å²) in [4.78, 5) is 0. The first kappa shape index (κ1) is 79.8. The molecule has 2 unspecified atom stereocenters. The summed E-state index contributed by atoms with van der Waals surface area (Å²) in [6.07, 6.45) is 16.0. The summed E-state index contributed by atoms with van der Waals surface area (Å²) in [5.74, 6) is 2.43. The van der Waals surface area contributed by atoms with Gasteiger partial charge in [0.1, 0.15) is 17.1 Å². The highest BCUT2D eigenvalue weighted by atomic mass is 28.4. The lowest BCUT2D eigenvalue weighted by atomic mass is 9.80. The van der Waals surface area contributed by atoms with E-state index in [2.05, 4.69) is 302 Å². The minimum Gasteiger partial charge on any atom is -0.497 e. The molecule has 0 heterocycles. The monoisotopic (exact) mass is 1330 g/mol. The molecule has 8 nitrogen and oxygen atoms in total. The van der Waals surface area contributed by atoms with Gasteiger partial charge in [0.25, 0.3) is 0 Å². The Hall–Kier alpha value is -4.93. The lowest BCUT2D eigenvalue weighted by Crippen LogP contribution is -2.48. The van der Waals surface area contributed by atoms with Crippen molar-refractivity contribution in [2.75, 3.05) is 14.2 Å². The highest BCUT2D eigenvalue weighted by molar-refractivity contribution is 6.75. The molecule has 11 heteroatoms. The van der Waals surface area contributed by atoms with Gasteiger partial charge < -0.3 is 37.0 Å². The molecule has 11 atom stereocenters. The van der Waals surface area contributed by atoms with Crippen molar-refractivity contribution in [3.63, 3.8) is 0 Å². The minimum absolute atomic E-state index is 0.0124. The van der Waals surface area contributed by atoms with Crippen molar-refractivity contribution < 1.29 is 37.0 Å². The van der Waals surface area contributed by atoms with Gasteiger partial charge in [-0.2, -0.15) is 0 Å². The van der Waals surface area contributed by atoms with E-state index in [0.717, 1.165) is 64.2 Å². The molecule has 0 fully saturated rings. The van der Waals surface area contributed by atoms with Crippen LogP contribution in [0.3, 0.4) is 0 Å². The molecule has 5 rings (SSSR count). The van der Waals surface area contributed by atoms with Gasteiger partial charge in [-0.05, 0) is 163 Å². The van der Waals surface area contributed by atoms with Crippen molar-refractivity contribution >= 4 is 25.0 Å². The molecule has 94 heavy (non-hydrogen) atoms. The Morgan fingerprint density at radius 2 is 0.894 bits per heavy atom. The average molecular weight is 1340 g/mol. The topological polar surface area (TPSA) is 73.8 Å². The van der Waals surface area contributed by atoms with E-state index in [0.29, 0.717) is 25.6 Å². The van der Waals surface area contributed by atoms with Gasteiger partial charge in [0.2, 0.25) is 0 Å². The third kappa shape index (κ3) is 22.8. The fourth-order valence-corrected chi connectivity index (χ4v) is 16.1. The van der Waals surface area contributed by atoms with Crippen LogP contribution in [0.25, 0.3) is 0 Å². The standard InChI is InChI=1S/C83H126O8Si3/c1-26-36-63(4)79(87-60-69-49-54-74(85-19)55-50-69)67(8)76(90-93(22,23)81(12,13)14)56-43-61(2)57-65(6)78(86-59-68-47-52-73(84-18)53-48-68)64(5)45-51-75(89-92(20,21)80(9,10)11)58-77(91-94(24,25)82(15,16)17)62(3)44-46-66(7)88-83(70-37-30-27-31-38-70,71-39-32-28-33-40-71)72-41-34-29-35-42-72/h26-42,44-55,61-62,64-67,75-79H,1,43,56-60H2,2-25H3/t61-,62+,64+,65+,66?,67-,75-,76?,77+,78+,79-/m1/s1. The molecule has 5 aromatic rings. The van der Waals surface area contributed by atoms with Crippen LogP contribution in [0.15, 0.2) is 188 Å². The molecule has 0 bridgehead atoms. The van der Waals surface area contributed by atoms with E-state index >= 15 is 0 Å². The van der Waals surface area contributed by atoms with Crippen molar-refractivity contribution in [1.29, 1.82) is 0 Å². The van der Waals surface area contributed by atoms with E-state index in [1.165, 1.54) is 0 Å². The Kier molecular flexibility index (Phi) is 30.2.